The molecule has 0 unspecified atom stereocenters. The van der Waals surface area contributed by atoms with Crippen LogP contribution in [0.15, 0.2) is 144 Å². The number of fused-ring (bicyclic) bond motifs is 7. The van der Waals surface area contributed by atoms with Gasteiger partial charge in [0.05, 0.1) is 17.1 Å². The van der Waals surface area contributed by atoms with Crippen molar-refractivity contribution < 1.29 is 4.74 Å². The molecule has 0 aliphatic carbocycles. The van der Waals surface area contributed by atoms with E-state index in [1.54, 1.807) is 0 Å². The van der Waals surface area contributed by atoms with E-state index in [1.165, 1.54) is 31.9 Å². The predicted octanol–water partition coefficient (Wildman–Crippen LogP) is 7.42. The van der Waals surface area contributed by atoms with Crippen molar-refractivity contribution in [1.82, 2.24) is 4.98 Å². The summed E-state index contributed by atoms with van der Waals surface area (Å²) in [6, 6.07) is 43.1. The Hall–Kier alpha value is -4.94. The monoisotopic (exact) mass is 543 g/mol. The van der Waals surface area contributed by atoms with Crippen LogP contribution in [0, 0.1) is 0 Å². The van der Waals surface area contributed by atoms with Crippen molar-refractivity contribution in [1.29, 1.82) is 0 Å². The van der Waals surface area contributed by atoms with Crippen molar-refractivity contribution in [2.45, 2.75) is 9.79 Å². The van der Waals surface area contributed by atoms with Gasteiger partial charge in [0.1, 0.15) is 0 Å². The summed E-state index contributed by atoms with van der Waals surface area (Å²) in [7, 11) is 0. The third-order valence-electron chi connectivity index (χ3n) is 8.18. The summed E-state index contributed by atoms with van der Waals surface area (Å²) in [6.07, 6.45) is 3.70. The minimum absolute atomic E-state index is 0.106. The molecule has 192 valence electrons. The molecular weight excluding hydrogens is 521 g/mol. The van der Waals surface area contributed by atoms with E-state index in [1.807, 2.05) is 30.2 Å². The second-order valence-corrected chi connectivity index (χ2v) is 11.5. The zero-order valence-electron chi connectivity index (χ0n) is 21.9. The average molecular weight is 543 g/mol. The Bertz CT molecular complexity index is 1980. The lowest BCUT2D eigenvalue weighted by molar-refractivity contribution is 0.478. The highest BCUT2D eigenvalue weighted by Gasteiger charge is 2.44. The number of para-hydroxylation sites is 4. The Morgan fingerprint density at radius 1 is 0.585 bits per heavy atom. The van der Waals surface area contributed by atoms with E-state index < -0.39 is 0 Å². The zero-order valence-corrected chi connectivity index (χ0v) is 22.8. The first-order valence-corrected chi connectivity index (χ1v) is 14.6. The summed E-state index contributed by atoms with van der Waals surface area (Å²) in [5.74, 6) is 1.70. The summed E-state index contributed by atoms with van der Waals surface area (Å²) in [5, 5.41) is 0. The first-order valence-electron chi connectivity index (χ1n) is 13.8. The molecule has 0 spiro atoms. The van der Waals surface area contributed by atoms with E-state index in [-0.39, 0.29) is 6.71 Å². The number of benzene rings is 5. The molecule has 0 saturated heterocycles. The molecule has 0 radical (unpaired) electrons. The van der Waals surface area contributed by atoms with Crippen LogP contribution in [-0.2, 0) is 0 Å². The van der Waals surface area contributed by atoms with Gasteiger partial charge in [-0.15, -0.1) is 0 Å². The number of nitrogens with zero attached hydrogens (tertiary/aromatic N) is 3. The van der Waals surface area contributed by atoms with E-state index in [9.17, 15) is 0 Å². The molecule has 5 aromatic carbocycles. The Kier molecular flexibility index (Phi) is 4.89. The molecule has 0 fully saturated rings. The predicted molar refractivity (Wildman–Crippen MR) is 169 cm³/mol. The standard InChI is InChI=1S/C35H22BN3OS/c1-2-10-23(11-3-1)39-27-14-6-4-12-25(27)36-26-13-5-9-17-31(26)41-32-22-29-35(34(39)33(32)36)40-30-16-8-7-15-28(30)38(29)24-18-20-37-21-19-24/h1-22H. The fourth-order valence-corrected chi connectivity index (χ4v) is 7.71. The average Bonchev–Trinajstić information content (AvgIpc) is 3.04. The number of pyridine rings is 1. The topological polar surface area (TPSA) is 28.6 Å². The highest BCUT2D eigenvalue weighted by atomic mass is 32.2. The summed E-state index contributed by atoms with van der Waals surface area (Å²) >= 11 is 1.85. The van der Waals surface area contributed by atoms with Gasteiger partial charge in [0.2, 0.25) is 6.71 Å². The lowest BCUT2D eigenvalue weighted by atomic mass is 9.35. The maximum Gasteiger partial charge on any atom is 0.249 e. The maximum absolute atomic E-state index is 6.95. The number of hydrogen-bond acceptors (Lipinski definition) is 5. The molecule has 9 rings (SSSR count). The van der Waals surface area contributed by atoms with E-state index >= 15 is 0 Å². The summed E-state index contributed by atoms with van der Waals surface area (Å²) in [4.78, 5) is 11.6. The molecule has 3 aliphatic rings. The van der Waals surface area contributed by atoms with Gasteiger partial charge in [-0.1, -0.05) is 84.0 Å². The van der Waals surface area contributed by atoms with Crippen molar-refractivity contribution in [2.75, 3.05) is 9.80 Å². The van der Waals surface area contributed by atoms with Gasteiger partial charge in [0.25, 0.3) is 0 Å². The third kappa shape index (κ3) is 3.28. The number of anilines is 6. The SMILES string of the molecule is c1ccc(N2c3ccccc3B3c4ccccc4Sc4cc5c(c2c43)Oc2ccccc2N5c2ccncc2)cc1. The van der Waals surface area contributed by atoms with Crippen LogP contribution < -0.4 is 30.9 Å². The highest BCUT2D eigenvalue weighted by Crippen LogP contribution is 2.57. The molecule has 4 heterocycles. The van der Waals surface area contributed by atoms with Crippen LogP contribution in [0.25, 0.3) is 0 Å². The Labute approximate surface area is 242 Å². The Morgan fingerprint density at radius 3 is 2.12 bits per heavy atom. The Balaban J connectivity index is 1.42. The van der Waals surface area contributed by atoms with Crippen molar-refractivity contribution in [3.63, 3.8) is 0 Å². The van der Waals surface area contributed by atoms with Crippen molar-refractivity contribution in [3.8, 4) is 11.5 Å². The van der Waals surface area contributed by atoms with Crippen molar-refractivity contribution >= 4 is 69.0 Å². The van der Waals surface area contributed by atoms with Crippen LogP contribution in [0.4, 0.5) is 34.1 Å². The Morgan fingerprint density at radius 2 is 1.27 bits per heavy atom. The van der Waals surface area contributed by atoms with E-state index in [0.29, 0.717) is 0 Å². The van der Waals surface area contributed by atoms with Gasteiger partial charge >= 0.3 is 0 Å². The molecule has 4 nitrogen and oxygen atoms in total. The van der Waals surface area contributed by atoms with Crippen LogP contribution in [-0.4, -0.2) is 11.7 Å². The molecule has 0 atom stereocenters. The lowest BCUT2D eigenvalue weighted by Gasteiger charge is -2.43. The summed E-state index contributed by atoms with van der Waals surface area (Å²) < 4.78 is 6.95. The number of hydrogen-bond donors (Lipinski definition) is 0. The van der Waals surface area contributed by atoms with Crippen LogP contribution >= 0.6 is 11.8 Å². The number of aromatic nitrogens is 1. The van der Waals surface area contributed by atoms with Crippen LogP contribution in [0.3, 0.4) is 0 Å². The molecule has 1 aromatic heterocycles. The largest absolute Gasteiger partial charge is 0.451 e. The molecule has 0 bridgehead atoms. The van der Waals surface area contributed by atoms with E-state index in [0.717, 1.165) is 39.9 Å². The minimum Gasteiger partial charge on any atom is -0.451 e. The number of rotatable bonds is 2. The smallest absolute Gasteiger partial charge is 0.249 e. The molecule has 6 aromatic rings. The second-order valence-electron chi connectivity index (χ2n) is 10.4. The first kappa shape index (κ1) is 22.8. The highest BCUT2D eigenvalue weighted by molar-refractivity contribution is 8.00. The fraction of sp³-hybridized carbons (Fsp3) is 0. The number of ether oxygens (including phenoxy) is 1. The van der Waals surface area contributed by atoms with Gasteiger partial charge in [0.15, 0.2) is 11.5 Å². The molecular formula is C35H22BN3OS. The van der Waals surface area contributed by atoms with Gasteiger partial charge in [-0.25, -0.2) is 0 Å². The molecule has 6 heteroatoms. The van der Waals surface area contributed by atoms with E-state index in [2.05, 4.69) is 130 Å². The van der Waals surface area contributed by atoms with Crippen LogP contribution in [0.1, 0.15) is 0 Å². The zero-order chi connectivity index (χ0) is 26.9. The van der Waals surface area contributed by atoms with Crippen LogP contribution in [0.5, 0.6) is 11.5 Å². The van der Waals surface area contributed by atoms with Gasteiger partial charge in [-0.05, 0) is 65.5 Å². The third-order valence-corrected chi connectivity index (χ3v) is 9.33. The molecule has 41 heavy (non-hydrogen) atoms. The van der Waals surface area contributed by atoms with Gasteiger partial charge < -0.3 is 14.5 Å². The molecule has 0 saturated carbocycles. The fourth-order valence-electron chi connectivity index (χ4n) is 6.53. The minimum atomic E-state index is 0.106. The lowest BCUT2D eigenvalue weighted by Crippen LogP contribution is -2.60. The van der Waals surface area contributed by atoms with Crippen molar-refractivity contribution in [2.24, 2.45) is 0 Å². The van der Waals surface area contributed by atoms with Crippen molar-refractivity contribution in [3.05, 3.63) is 134 Å². The maximum atomic E-state index is 6.95. The second kappa shape index (κ2) is 8.78. The van der Waals surface area contributed by atoms with Gasteiger partial charge in [-0.2, -0.15) is 0 Å². The summed E-state index contributed by atoms with van der Waals surface area (Å²) in [5.41, 5.74) is 10.4. The normalized spacial score (nSPS) is 13.8. The quantitative estimate of drug-likeness (QED) is 0.212. The van der Waals surface area contributed by atoms with Gasteiger partial charge in [0, 0.05) is 39.2 Å². The molecule has 3 aliphatic heterocycles. The molecule has 0 N–H and O–H groups in total. The van der Waals surface area contributed by atoms with Crippen LogP contribution in [0.2, 0.25) is 0 Å². The first-order chi connectivity index (χ1) is 20.4. The molecule has 0 amide bonds. The van der Waals surface area contributed by atoms with Gasteiger partial charge in [-0.3, -0.25) is 4.98 Å². The summed E-state index contributed by atoms with van der Waals surface area (Å²) in [6.45, 7) is 0.106. The van der Waals surface area contributed by atoms with E-state index in [4.69, 9.17) is 4.74 Å².